The van der Waals surface area contributed by atoms with Crippen LogP contribution in [-0.2, 0) is 11.3 Å². The first-order chi connectivity index (χ1) is 9.19. The summed E-state index contributed by atoms with van der Waals surface area (Å²) in [6, 6.07) is 5.54. The minimum Gasteiger partial charge on any atom is -0.496 e. The predicted molar refractivity (Wildman–Crippen MR) is 72.3 cm³/mol. The number of aromatic nitrogens is 2. The Kier molecular flexibility index (Phi) is 3.91. The van der Waals surface area contributed by atoms with Gasteiger partial charge in [0.1, 0.15) is 17.3 Å². The van der Waals surface area contributed by atoms with Crippen LogP contribution in [0, 0.1) is 0 Å². The average molecular weight is 263 g/mol. The smallest absolute Gasteiger partial charge is 0.145 e. The molecule has 0 aliphatic rings. The first-order valence-corrected chi connectivity index (χ1v) is 5.74. The maximum absolute atomic E-state index is 5.61. The van der Waals surface area contributed by atoms with Crippen LogP contribution in [0.15, 0.2) is 18.2 Å². The molecule has 2 aromatic rings. The van der Waals surface area contributed by atoms with Crippen LogP contribution in [0.1, 0.15) is 5.56 Å². The van der Waals surface area contributed by atoms with Crippen LogP contribution < -0.4 is 15.2 Å². The SMILES string of the molecule is COCc1c(OC)cc(-c2cc(N)n[nH]2)cc1OC. The van der Waals surface area contributed by atoms with Crippen molar-refractivity contribution < 1.29 is 14.2 Å². The fraction of sp³-hybridized carbons (Fsp3) is 0.308. The number of ether oxygens (including phenoxy) is 3. The largest absolute Gasteiger partial charge is 0.496 e. The molecule has 102 valence electrons. The van der Waals surface area contributed by atoms with E-state index in [2.05, 4.69) is 10.2 Å². The zero-order valence-electron chi connectivity index (χ0n) is 11.2. The van der Waals surface area contributed by atoms with Crippen molar-refractivity contribution in [3.8, 4) is 22.8 Å². The summed E-state index contributed by atoms with van der Waals surface area (Å²) in [7, 11) is 4.85. The predicted octanol–water partition coefficient (Wildman–Crippen LogP) is 1.82. The van der Waals surface area contributed by atoms with Crippen LogP contribution >= 0.6 is 0 Å². The molecule has 6 heteroatoms. The van der Waals surface area contributed by atoms with Gasteiger partial charge in [-0.3, -0.25) is 5.10 Å². The van der Waals surface area contributed by atoms with Gasteiger partial charge in [0.25, 0.3) is 0 Å². The number of nitrogens with zero attached hydrogens (tertiary/aromatic N) is 1. The molecule has 0 spiro atoms. The van der Waals surface area contributed by atoms with Gasteiger partial charge in [0.15, 0.2) is 0 Å². The van der Waals surface area contributed by atoms with Crippen molar-refractivity contribution in [1.82, 2.24) is 10.2 Å². The summed E-state index contributed by atoms with van der Waals surface area (Å²) in [4.78, 5) is 0. The van der Waals surface area contributed by atoms with Gasteiger partial charge in [0.05, 0.1) is 32.1 Å². The van der Waals surface area contributed by atoms with Crippen molar-refractivity contribution in [3.63, 3.8) is 0 Å². The molecular formula is C13H17N3O3. The third-order valence-corrected chi connectivity index (χ3v) is 2.81. The Morgan fingerprint density at radius 3 is 2.16 bits per heavy atom. The van der Waals surface area contributed by atoms with E-state index in [0.29, 0.717) is 23.9 Å². The molecule has 1 aromatic heterocycles. The number of aromatic amines is 1. The molecule has 2 rings (SSSR count). The van der Waals surface area contributed by atoms with Crippen molar-refractivity contribution in [3.05, 3.63) is 23.8 Å². The lowest BCUT2D eigenvalue weighted by Gasteiger charge is -2.14. The topological polar surface area (TPSA) is 82.4 Å². The molecule has 0 saturated heterocycles. The second kappa shape index (κ2) is 5.62. The summed E-state index contributed by atoms with van der Waals surface area (Å²) in [5, 5.41) is 6.77. The van der Waals surface area contributed by atoms with Gasteiger partial charge >= 0.3 is 0 Å². The molecule has 6 nitrogen and oxygen atoms in total. The highest BCUT2D eigenvalue weighted by molar-refractivity contribution is 5.68. The number of anilines is 1. The van der Waals surface area contributed by atoms with E-state index in [4.69, 9.17) is 19.9 Å². The molecule has 0 unspecified atom stereocenters. The molecule has 0 amide bonds. The summed E-state index contributed by atoms with van der Waals surface area (Å²) >= 11 is 0. The fourth-order valence-electron chi connectivity index (χ4n) is 1.91. The molecule has 0 bridgehead atoms. The number of benzene rings is 1. The average Bonchev–Trinajstić information content (AvgIpc) is 2.85. The third-order valence-electron chi connectivity index (χ3n) is 2.81. The normalized spacial score (nSPS) is 10.5. The second-order valence-electron chi connectivity index (χ2n) is 4.00. The van der Waals surface area contributed by atoms with E-state index in [9.17, 15) is 0 Å². The number of methoxy groups -OCH3 is 3. The number of hydrogen-bond acceptors (Lipinski definition) is 5. The van der Waals surface area contributed by atoms with Crippen LogP contribution in [-0.4, -0.2) is 31.5 Å². The minimum absolute atomic E-state index is 0.414. The highest BCUT2D eigenvalue weighted by Crippen LogP contribution is 2.35. The number of hydrogen-bond donors (Lipinski definition) is 2. The molecular weight excluding hydrogens is 246 g/mol. The quantitative estimate of drug-likeness (QED) is 0.859. The molecule has 0 fully saturated rings. The Hall–Kier alpha value is -2.21. The van der Waals surface area contributed by atoms with Crippen molar-refractivity contribution in [2.24, 2.45) is 0 Å². The van der Waals surface area contributed by atoms with E-state index in [1.807, 2.05) is 12.1 Å². The van der Waals surface area contributed by atoms with Crippen LogP contribution in [0.3, 0.4) is 0 Å². The summed E-state index contributed by atoms with van der Waals surface area (Å²) in [5.74, 6) is 1.84. The number of nitrogens with two attached hydrogens (primary N) is 1. The van der Waals surface area contributed by atoms with Gasteiger partial charge in [-0.2, -0.15) is 5.10 Å². The van der Waals surface area contributed by atoms with Crippen LogP contribution in [0.2, 0.25) is 0 Å². The number of nitrogens with one attached hydrogen (secondary N) is 1. The monoisotopic (exact) mass is 263 g/mol. The fourth-order valence-corrected chi connectivity index (χ4v) is 1.91. The van der Waals surface area contributed by atoms with E-state index < -0.39 is 0 Å². The number of rotatable bonds is 5. The van der Waals surface area contributed by atoms with Gasteiger partial charge in [-0.25, -0.2) is 0 Å². The zero-order valence-corrected chi connectivity index (χ0v) is 11.2. The van der Waals surface area contributed by atoms with Gasteiger partial charge in [0.2, 0.25) is 0 Å². The van der Waals surface area contributed by atoms with E-state index in [0.717, 1.165) is 16.8 Å². The second-order valence-corrected chi connectivity index (χ2v) is 4.00. The first-order valence-electron chi connectivity index (χ1n) is 5.74. The lowest BCUT2D eigenvalue weighted by Crippen LogP contribution is -1.99. The maximum atomic E-state index is 5.61. The third kappa shape index (κ3) is 2.63. The minimum atomic E-state index is 0.414. The molecule has 0 radical (unpaired) electrons. The first kappa shape index (κ1) is 13.2. The molecule has 0 aliphatic carbocycles. The highest BCUT2D eigenvalue weighted by Gasteiger charge is 2.14. The van der Waals surface area contributed by atoms with Gasteiger partial charge in [0, 0.05) is 18.7 Å². The lowest BCUT2D eigenvalue weighted by molar-refractivity contribution is 0.178. The number of H-pyrrole nitrogens is 1. The Bertz CT molecular complexity index is 541. The van der Waals surface area contributed by atoms with Crippen molar-refractivity contribution in [2.75, 3.05) is 27.1 Å². The summed E-state index contributed by atoms with van der Waals surface area (Å²) in [5.41, 5.74) is 8.16. The van der Waals surface area contributed by atoms with Crippen molar-refractivity contribution in [1.29, 1.82) is 0 Å². The molecule has 1 aromatic carbocycles. The summed E-state index contributed by atoms with van der Waals surface area (Å²) in [6.45, 7) is 0.414. The Morgan fingerprint density at radius 2 is 1.74 bits per heavy atom. The van der Waals surface area contributed by atoms with E-state index >= 15 is 0 Å². The van der Waals surface area contributed by atoms with Gasteiger partial charge in [-0.05, 0) is 12.1 Å². The molecule has 0 atom stereocenters. The molecule has 0 aliphatic heterocycles. The van der Waals surface area contributed by atoms with Gasteiger partial charge in [-0.1, -0.05) is 0 Å². The molecule has 19 heavy (non-hydrogen) atoms. The Balaban J connectivity index is 2.52. The van der Waals surface area contributed by atoms with Crippen LogP contribution in [0.5, 0.6) is 11.5 Å². The van der Waals surface area contributed by atoms with Gasteiger partial charge < -0.3 is 19.9 Å². The van der Waals surface area contributed by atoms with E-state index in [1.54, 1.807) is 27.4 Å². The Labute approximate surface area is 111 Å². The van der Waals surface area contributed by atoms with Crippen LogP contribution in [0.25, 0.3) is 11.3 Å². The van der Waals surface area contributed by atoms with Crippen molar-refractivity contribution in [2.45, 2.75) is 6.61 Å². The van der Waals surface area contributed by atoms with Crippen molar-refractivity contribution >= 4 is 5.82 Å². The van der Waals surface area contributed by atoms with E-state index in [1.165, 1.54) is 0 Å². The highest BCUT2D eigenvalue weighted by atomic mass is 16.5. The maximum Gasteiger partial charge on any atom is 0.145 e. The molecule has 3 N–H and O–H groups in total. The lowest BCUT2D eigenvalue weighted by atomic mass is 10.1. The summed E-state index contributed by atoms with van der Waals surface area (Å²) < 4.78 is 15.9. The van der Waals surface area contributed by atoms with E-state index in [-0.39, 0.29) is 0 Å². The van der Waals surface area contributed by atoms with Crippen LogP contribution in [0.4, 0.5) is 5.82 Å². The number of nitrogen functional groups attached to an aromatic ring is 1. The zero-order chi connectivity index (χ0) is 13.8. The standard InChI is InChI=1S/C13H17N3O3/c1-17-7-9-11(18-2)4-8(5-12(9)19-3)10-6-13(14)16-15-10/h4-6H,7H2,1-3H3,(H3,14,15,16). The molecule has 0 saturated carbocycles. The Morgan fingerprint density at radius 1 is 1.11 bits per heavy atom. The van der Waals surface area contributed by atoms with Gasteiger partial charge in [-0.15, -0.1) is 0 Å². The summed E-state index contributed by atoms with van der Waals surface area (Å²) in [6.07, 6.45) is 0. The molecule has 1 heterocycles.